The van der Waals surface area contributed by atoms with Gasteiger partial charge in [0, 0.05) is 22.5 Å². The quantitative estimate of drug-likeness (QED) is 0.766. The van der Waals surface area contributed by atoms with Crippen LogP contribution >= 0.6 is 27.7 Å². The topological polar surface area (TPSA) is 58.0 Å². The number of nitrogens with zero attached hydrogens (tertiary/aromatic N) is 3. The lowest BCUT2D eigenvalue weighted by molar-refractivity contribution is 0.306. The van der Waals surface area contributed by atoms with E-state index in [1.54, 1.807) is 6.07 Å². The first-order valence-corrected chi connectivity index (χ1v) is 10.3. The van der Waals surface area contributed by atoms with Crippen LogP contribution in [0.15, 0.2) is 46.0 Å². The average molecular weight is 434 g/mol. The lowest BCUT2D eigenvalue weighted by Gasteiger charge is -2.28. The molecule has 3 heterocycles. The lowest BCUT2D eigenvalue weighted by atomic mass is 9.96. The summed E-state index contributed by atoms with van der Waals surface area (Å²) in [6.45, 7) is 5.57. The van der Waals surface area contributed by atoms with Gasteiger partial charge >= 0.3 is 0 Å². The van der Waals surface area contributed by atoms with Gasteiger partial charge in [0.15, 0.2) is 16.7 Å². The van der Waals surface area contributed by atoms with Crippen LogP contribution in [0, 0.1) is 0 Å². The summed E-state index contributed by atoms with van der Waals surface area (Å²) in [5, 5.41) is 11.8. The summed E-state index contributed by atoms with van der Waals surface area (Å²) in [5.74, 6) is 0.638. The zero-order valence-corrected chi connectivity index (χ0v) is 17.0. The van der Waals surface area contributed by atoms with Gasteiger partial charge in [0.05, 0.1) is 18.3 Å². The Hall–Kier alpha value is -1.73. The van der Waals surface area contributed by atoms with Crippen molar-refractivity contribution in [1.29, 1.82) is 0 Å². The van der Waals surface area contributed by atoms with E-state index in [4.69, 9.17) is 9.73 Å². The van der Waals surface area contributed by atoms with Crippen molar-refractivity contribution in [2.75, 3.05) is 13.2 Å². The van der Waals surface area contributed by atoms with Crippen LogP contribution in [0.1, 0.15) is 37.2 Å². The number of pyridine rings is 1. The van der Waals surface area contributed by atoms with Crippen LogP contribution in [0.3, 0.4) is 0 Å². The molecule has 5 nitrogen and oxygen atoms in total. The Morgan fingerprint density at radius 3 is 2.96 bits per heavy atom. The Morgan fingerprint density at radius 2 is 2.23 bits per heavy atom. The van der Waals surface area contributed by atoms with Gasteiger partial charge in [-0.15, -0.1) is 0 Å². The van der Waals surface area contributed by atoms with Crippen molar-refractivity contribution >= 4 is 32.9 Å². The number of ether oxygens (including phenoxy) is 1. The predicted octanol–water partition coefficient (Wildman–Crippen LogP) is 4.54. The fourth-order valence-corrected chi connectivity index (χ4v) is 5.17. The molecule has 7 heteroatoms. The standard InChI is InChI=1S/C19H20BrN3O2S/c1-3-25-16-8-12(13(20)9-15(16)24)18-17(14-6-4-5-7-21-14)22-19-23(18)10-11(2)26-19/h4-9,11,17-18,24H,3,10H2,1-2H3/t11-,17-,18-/m0/s1. The van der Waals surface area contributed by atoms with Crippen molar-refractivity contribution in [2.24, 2.45) is 4.99 Å². The van der Waals surface area contributed by atoms with E-state index in [1.165, 1.54) is 0 Å². The van der Waals surface area contributed by atoms with Gasteiger partial charge in [0.2, 0.25) is 0 Å². The zero-order chi connectivity index (χ0) is 18.3. The summed E-state index contributed by atoms with van der Waals surface area (Å²) in [7, 11) is 0. The number of rotatable bonds is 4. The van der Waals surface area contributed by atoms with Gasteiger partial charge in [0.25, 0.3) is 0 Å². The Morgan fingerprint density at radius 1 is 1.38 bits per heavy atom. The number of aromatic nitrogens is 1. The van der Waals surface area contributed by atoms with Gasteiger partial charge in [-0.3, -0.25) is 9.98 Å². The van der Waals surface area contributed by atoms with Crippen LogP contribution in [-0.4, -0.2) is 38.6 Å². The Bertz CT molecular complexity index is 846. The van der Waals surface area contributed by atoms with Crippen molar-refractivity contribution in [3.63, 3.8) is 0 Å². The third-order valence-corrected chi connectivity index (χ3v) is 6.37. The maximum Gasteiger partial charge on any atom is 0.161 e. The van der Waals surface area contributed by atoms with Gasteiger partial charge in [-0.05, 0) is 36.8 Å². The molecule has 2 aliphatic heterocycles. The third-order valence-electron chi connectivity index (χ3n) is 4.58. The van der Waals surface area contributed by atoms with Crippen molar-refractivity contribution < 1.29 is 9.84 Å². The first-order valence-electron chi connectivity index (χ1n) is 8.65. The highest BCUT2D eigenvalue weighted by Crippen LogP contribution is 2.50. The largest absolute Gasteiger partial charge is 0.504 e. The van der Waals surface area contributed by atoms with E-state index >= 15 is 0 Å². The van der Waals surface area contributed by atoms with E-state index in [-0.39, 0.29) is 17.8 Å². The molecule has 3 atom stereocenters. The summed E-state index contributed by atoms with van der Waals surface area (Å²) in [6, 6.07) is 9.51. The van der Waals surface area contributed by atoms with Crippen LogP contribution in [0.5, 0.6) is 11.5 Å². The van der Waals surface area contributed by atoms with Crippen LogP contribution in [-0.2, 0) is 0 Å². The normalized spacial score (nSPS) is 24.5. The maximum atomic E-state index is 10.2. The SMILES string of the molecule is CCOc1cc([C@H]2[C@H](c3ccccn3)N=C3S[C@@H](C)CN32)c(Br)cc1O. The van der Waals surface area contributed by atoms with E-state index in [9.17, 15) is 5.11 Å². The number of aromatic hydroxyl groups is 1. The lowest BCUT2D eigenvalue weighted by Crippen LogP contribution is -2.28. The number of hydrogen-bond donors (Lipinski definition) is 1. The predicted molar refractivity (Wildman–Crippen MR) is 108 cm³/mol. The summed E-state index contributed by atoms with van der Waals surface area (Å²) in [6.07, 6.45) is 1.81. The summed E-state index contributed by atoms with van der Waals surface area (Å²) < 4.78 is 6.47. The first kappa shape index (κ1) is 17.7. The van der Waals surface area contributed by atoms with E-state index in [1.807, 2.05) is 49.1 Å². The van der Waals surface area contributed by atoms with Crippen molar-refractivity contribution in [3.8, 4) is 11.5 Å². The van der Waals surface area contributed by atoms with E-state index in [0.29, 0.717) is 17.6 Å². The van der Waals surface area contributed by atoms with Crippen LogP contribution in [0.4, 0.5) is 0 Å². The van der Waals surface area contributed by atoms with Crippen LogP contribution in [0.25, 0.3) is 0 Å². The minimum absolute atomic E-state index is 0.0199. The molecule has 26 heavy (non-hydrogen) atoms. The van der Waals surface area contributed by atoms with Crippen molar-refractivity contribution in [2.45, 2.75) is 31.2 Å². The molecule has 0 spiro atoms. The summed E-state index contributed by atoms with van der Waals surface area (Å²) in [4.78, 5) is 11.9. The van der Waals surface area contributed by atoms with Gasteiger partial charge in [-0.1, -0.05) is 40.7 Å². The van der Waals surface area contributed by atoms with E-state index in [0.717, 1.165) is 27.4 Å². The zero-order valence-electron chi connectivity index (χ0n) is 14.6. The van der Waals surface area contributed by atoms with Gasteiger partial charge in [-0.25, -0.2) is 0 Å². The van der Waals surface area contributed by atoms with Crippen molar-refractivity contribution in [3.05, 3.63) is 52.3 Å². The monoisotopic (exact) mass is 433 g/mol. The first-order chi connectivity index (χ1) is 12.6. The molecule has 0 saturated carbocycles. The van der Waals surface area contributed by atoms with Crippen LogP contribution < -0.4 is 4.74 Å². The number of fused-ring (bicyclic) bond motifs is 1. The third kappa shape index (κ3) is 3.07. The number of halogens is 1. The van der Waals surface area contributed by atoms with E-state index in [2.05, 4.69) is 32.7 Å². The molecule has 1 aromatic heterocycles. The molecule has 136 valence electrons. The molecule has 2 aromatic rings. The molecule has 4 rings (SSSR count). The number of phenolic OH excluding ortho intramolecular Hbond substituents is 1. The molecule has 1 fully saturated rings. The smallest absolute Gasteiger partial charge is 0.161 e. The Kier molecular flexibility index (Phi) is 4.84. The highest BCUT2D eigenvalue weighted by Gasteiger charge is 2.44. The number of aliphatic imine (C=N–C) groups is 1. The average Bonchev–Trinajstić information content (AvgIpc) is 3.14. The molecule has 0 radical (unpaired) electrons. The molecule has 2 aliphatic rings. The number of hydrogen-bond acceptors (Lipinski definition) is 6. The number of thioether (sulfide) groups is 1. The molecular weight excluding hydrogens is 414 g/mol. The fraction of sp³-hybridized carbons (Fsp3) is 0.368. The highest BCUT2D eigenvalue weighted by atomic mass is 79.9. The van der Waals surface area contributed by atoms with Crippen LogP contribution in [0.2, 0.25) is 0 Å². The Balaban J connectivity index is 1.81. The minimum atomic E-state index is -0.0819. The van der Waals surface area contributed by atoms with Gasteiger partial charge in [-0.2, -0.15) is 0 Å². The summed E-state index contributed by atoms with van der Waals surface area (Å²) in [5.41, 5.74) is 2.00. The van der Waals surface area contributed by atoms with Gasteiger partial charge < -0.3 is 14.7 Å². The van der Waals surface area contributed by atoms with Gasteiger partial charge in [0.1, 0.15) is 6.04 Å². The second-order valence-electron chi connectivity index (χ2n) is 6.41. The summed E-state index contributed by atoms with van der Waals surface area (Å²) >= 11 is 5.44. The fourth-order valence-electron chi connectivity index (χ4n) is 3.51. The molecule has 1 aromatic carbocycles. The molecule has 0 amide bonds. The molecule has 1 N–H and O–H groups in total. The number of amidine groups is 1. The molecule has 0 unspecified atom stereocenters. The van der Waals surface area contributed by atoms with E-state index < -0.39 is 0 Å². The molecule has 0 bridgehead atoms. The minimum Gasteiger partial charge on any atom is -0.504 e. The second kappa shape index (κ2) is 7.12. The molecular formula is C19H20BrN3O2S. The maximum absolute atomic E-state index is 10.2. The number of benzene rings is 1. The highest BCUT2D eigenvalue weighted by molar-refractivity contribution is 9.10. The Labute approximate surface area is 165 Å². The molecule has 1 saturated heterocycles. The van der Waals surface area contributed by atoms with Crippen molar-refractivity contribution in [1.82, 2.24) is 9.88 Å². The second-order valence-corrected chi connectivity index (χ2v) is 8.67. The molecule has 0 aliphatic carbocycles. The number of phenols is 1.